The third kappa shape index (κ3) is 3.75. The van der Waals surface area contributed by atoms with Crippen LogP contribution in [-0.4, -0.2) is 48.0 Å². The molecule has 1 heterocycles. The predicted molar refractivity (Wildman–Crippen MR) is 84.3 cm³/mol. The summed E-state index contributed by atoms with van der Waals surface area (Å²) in [6, 6.07) is 8.80. The number of rotatable bonds is 4. The Morgan fingerprint density at radius 3 is 2.89 bits per heavy atom. The van der Waals surface area contributed by atoms with Crippen molar-refractivity contribution in [2.24, 2.45) is 5.73 Å². The van der Waals surface area contributed by atoms with E-state index in [-0.39, 0.29) is 0 Å². The largest absolute Gasteiger partial charge is 0.389 e. The number of benzene rings is 1. The average molecular weight is 277 g/mol. The van der Waals surface area contributed by atoms with Gasteiger partial charge in [-0.15, -0.1) is 0 Å². The van der Waals surface area contributed by atoms with Crippen molar-refractivity contribution in [2.75, 3.05) is 27.2 Å². The van der Waals surface area contributed by atoms with Gasteiger partial charge in [0, 0.05) is 24.7 Å². The van der Waals surface area contributed by atoms with Crippen molar-refractivity contribution in [3.8, 4) is 0 Å². The number of likely N-dealkylation sites (N-methyl/N-ethyl adjacent to an activating group) is 2. The van der Waals surface area contributed by atoms with Gasteiger partial charge in [0.2, 0.25) is 0 Å². The Labute approximate surface area is 121 Å². The summed E-state index contributed by atoms with van der Waals surface area (Å²) in [6.07, 6.45) is 2.55. The topological polar surface area (TPSA) is 32.5 Å². The Bertz CT molecular complexity index is 447. The van der Waals surface area contributed by atoms with Gasteiger partial charge in [0.05, 0.1) is 0 Å². The molecule has 0 saturated carbocycles. The third-order valence-electron chi connectivity index (χ3n) is 3.93. The predicted octanol–water partition coefficient (Wildman–Crippen LogP) is 1.85. The highest BCUT2D eigenvalue weighted by atomic mass is 32.1. The van der Waals surface area contributed by atoms with Crippen LogP contribution in [0.2, 0.25) is 0 Å². The SMILES string of the molecule is CN1CCCC(N(C)Cc2ccccc2C(N)=S)C1. The Balaban J connectivity index is 2.06. The fraction of sp³-hybridized carbons (Fsp3) is 0.533. The summed E-state index contributed by atoms with van der Waals surface area (Å²) in [5.74, 6) is 0. The molecule has 0 bridgehead atoms. The first-order chi connectivity index (χ1) is 9.08. The highest BCUT2D eigenvalue weighted by Gasteiger charge is 2.21. The molecule has 0 amide bonds. The van der Waals surface area contributed by atoms with Crippen LogP contribution in [0.25, 0.3) is 0 Å². The molecule has 0 spiro atoms. The van der Waals surface area contributed by atoms with Gasteiger partial charge in [0.15, 0.2) is 0 Å². The second kappa shape index (κ2) is 6.46. The van der Waals surface area contributed by atoms with E-state index in [1.807, 2.05) is 12.1 Å². The molecule has 0 aromatic heterocycles. The normalized spacial score (nSPS) is 20.7. The smallest absolute Gasteiger partial charge is 0.104 e. The van der Waals surface area contributed by atoms with Crippen molar-refractivity contribution in [3.63, 3.8) is 0 Å². The summed E-state index contributed by atoms with van der Waals surface area (Å²) in [5.41, 5.74) is 8.03. The van der Waals surface area contributed by atoms with Gasteiger partial charge in [0.1, 0.15) is 4.99 Å². The molecule has 19 heavy (non-hydrogen) atoms. The lowest BCUT2D eigenvalue weighted by Crippen LogP contribution is -2.44. The third-order valence-corrected chi connectivity index (χ3v) is 4.15. The highest BCUT2D eigenvalue weighted by Crippen LogP contribution is 2.17. The Hall–Kier alpha value is -0.970. The van der Waals surface area contributed by atoms with Crippen molar-refractivity contribution in [3.05, 3.63) is 35.4 Å². The molecule has 0 radical (unpaired) electrons. The fourth-order valence-corrected chi connectivity index (χ4v) is 2.99. The number of hydrogen-bond acceptors (Lipinski definition) is 3. The number of piperidine rings is 1. The number of thiocarbonyl (C=S) groups is 1. The van der Waals surface area contributed by atoms with Crippen molar-refractivity contribution in [1.29, 1.82) is 0 Å². The maximum atomic E-state index is 5.80. The number of nitrogens with zero attached hydrogens (tertiary/aromatic N) is 2. The molecule has 1 saturated heterocycles. The van der Waals surface area contributed by atoms with Crippen molar-refractivity contribution in [2.45, 2.75) is 25.4 Å². The maximum Gasteiger partial charge on any atom is 0.104 e. The zero-order valence-electron chi connectivity index (χ0n) is 11.8. The molecule has 2 rings (SSSR count). The van der Waals surface area contributed by atoms with Gasteiger partial charge in [-0.3, -0.25) is 4.90 Å². The van der Waals surface area contributed by atoms with Gasteiger partial charge in [-0.25, -0.2) is 0 Å². The van der Waals surface area contributed by atoms with E-state index in [2.05, 4.69) is 36.0 Å². The lowest BCUT2D eigenvalue weighted by Gasteiger charge is -2.36. The van der Waals surface area contributed by atoms with Crippen molar-refractivity contribution in [1.82, 2.24) is 9.80 Å². The van der Waals surface area contributed by atoms with Crippen molar-refractivity contribution >= 4 is 17.2 Å². The van der Waals surface area contributed by atoms with Crippen LogP contribution in [0.1, 0.15) is 24.0 Å². The van der Waals surface area contributed by atoms with Crippen LogP contribution in [0.3, 0.4) is 0 Å². The quantitative estimate of drug-likeness (QED) is 0.851. The molecule has 1 aliphatic heterocycles. The lowest BCUT2D eigenvalue weighted by atomic mass is 10.0. The summed E-state index contributed by atoms with van der Waals surface area (Å²) < 4.78 is 0. The van der Waals surface area contributed by atoms with E-state index < -0.39 is 0 Å². The molecule has 1 atom stereocenters. The maximum absolute atomic E-state index is 5.80. The fourth-order valence-electron chi connectivity index (χ4n) is 2.80. The zero-order valence-corrected chi connectivity index (χ0v) is 12.6. The summed E-state index contributed by atoms with van der Waals surface area (Å²) in [5, 5.41) is 0. The first-order valence-corrected chi connectivity index (χ1v) is 7.25. The molecule has 1 aliphatic rings. The minimum atomic E-state index is 0.491. The van der Waals surface area contributed by atoms with Crippen LogP contribution >= 0.6 is 12.2 Å². The van der Waals surface area contributed by atoms with Crippen LogP contribution in [0, 0.1) is 0 Å². The Kier molecular flexibility index (Phi) is 4.91. The molecule has 104 valence electrons. The number of likely N-dealkylation sites (tertiary alicyclic amines) is 1. The van der Waals surface area contributed by atoms with E-state index in [0.717, 1.165) is 18.7 Å². The minimum Gasteiger partial charge on any atom is -0.389 e. The molecule has 4 heteroatoms. The summed E-state index contributed by atoms with van der Waals surface area (Å²) in [6.45, 7) is 3.27. The first kappa shape index (κ1) is 14.4. The summed E-state index contributed by atoms with van der Waals surface area (Å²) >= 11 is 5.13. The van der Waals surface area contributed by atoms with Crippen LogP contribution in [0.15, 0.2) is 24.3 Å². The van der Waals surface area contributed by atoms with E-state index >= 15 is 0 Å². The Morgan fingerprint density at radius 2 is 2.21 bits per heavy atom. The molecule has 3 nitrogen and oxygen atoms in total. The molecule has 1 unspecified atom stereocenters. The van der Waals surface area contributed by atoms with Gasteiger partial charge in [-0.05, 0) is 39.0 Å². The average Bonchev–Trinajstić information content (AvgIpc) is 2.39. The van der Waals surface area contributed by atoms with E-state index in [9.17, 15) is 0 Å². The number of nitrogens with two attached hydrogens (primary N) is 1. The van der Waals surface area contributed by atoms with Gasteiger partial charge in [-0.1, -0.05) is 36.5 Å². The second-order valence-electron chi connectivity index (χ2n) is 5.49. The monoisotopic (exact) mass is 277 g/mol. The van der Waals surface area contributed by atoms with Gasteiger partial charge in [0.25, 0.3) is 0 Å². The molecule has 1 aromatic rings. The van der Waals surface area contributed by atoms with Crippen LogP contribution < -0.4 is 5.73 Å². The number of hydrogen-bond donors (Lipinski definition) is 1. The molecular weight excluding hydrogens is 254 g/mol. The summed E-state index contributed by atoms with van der Waals surface area (Å²) in [7, 11) is 4.39. The molecule has 0 aliphatic carbocycles. The highest BCUT2D eigenvalue weighted by molar-refractivity contribution is 7.80. The standard InChI is InChI=1S/C15H23N3S/c1-17-9-5-7-13(11-17)18(2)10-12-6-3-4-8-14(12)15(16)19/h3-4,6,8,13H,5,7,9-11H2,1-2H3,(H2,16,19). The van der Waals surface area contributed by atoms with Gasteiger partial charge in [-0.2, -0.15) is 0 Å². The second-order valence-corrected chi connectivity index (χ2v) is 5.93. The van der Waals surface area contributed by atoms with E-state index in [1.54, 1.807) is 0 Å². The summed E-state index contributed by atoms with van der Waals surface area (Å²) in [4.78, 5) is 5.32. The van der Waals surface area contributed by atoms with Crippen LogP contribution in [-0.2, 0) is 6.54 Å². The van der Waals surface area contributed by atoms with Gasteiger partial charge < -0.3 is 10.6 Å². The Morgan fingerprint density at radius 1 is 1.47 bits per heavy atom. The van der Waals surface area contributed by atoms with E-state index in [1.165, 1.54) is 24.9 Å². The first-order valence-electron chi connectivity index (χ1n) is 6.84. The molecular formula is C15H23N3S. The minimum absolute atomic E-state index is 0.491. The molecule has 2 N–H and O–H groups in total. The van der Waals surface area contributed by atoms with Crippen LogP contribution in [0.4, 0.5) is 0 Å². The van der Waals surface area contributed by atoms with Crippen LogP contribution in [0.5, 0.6) is 0 Å². The van der Waals surface area contributed by atoms with E-state index in [4.69, 9.17) is 18.0 Å². The van der Waals surface area contributed by atoms with Crippen molar-refractivity contribution < 1.29 is 0 Å². The van der Waals surface area contributed by atoms with E-state index in [0.29, 0.717) is 11.0 Å². The molecule has 1 fully saturated rings. The lowest BCUT2D eigenvalue weighted by molar-refractivity contribution is 0.129. The van der Waals surface area contributed by atoms with Gasteiger partial charge >= 0.3 is 0 Å². The molecule has 1 aromatic carbocycles. The zero-order chi connectivity index (χ0) is 13.8.